The molecule has 0 radical (unpaired) electrons. The van der Waals surface area contributed by atoms with Crippen molar-refractivity contribution in [1.29, 1.82) is 10.5 Å². The van der Waals surface area contributed by atoms with Crippen molar-refractivity contribution in [2.45, 2.75) is 6.92 Å². The first-order chi connectivity index (χ1) is 11.2. The maximum atomic E-state index is 11.7. The minimum Gasteiger partial charge on any atom is -0.462 e. The molecule has 0 spiro atoms. The zero-order valence-corrected chi connectivity index (χ0v) is 12.6. The van der Waals surface area contributed by atoms with E-state index in [1.807, 2.05) is 48.5 Å². The zero-order valence-electron chi connectivity index (χ0n) is 12.6. The summed E-state index contributed by atoms with van der Waals surface area (Å²) in [5.41, 5.74) is 3.07. The zero-order chi connectivity index (χ0) is 16.7. The Morgan fingerprint density at radius 1 is 1.09 bits per heavy atom. The van der Waals surface area contributed by atoms with E-state index in [0.29, 0.717) is 12.2 Å². The van der Waals surface area contributed by atoms with Crippen molar-refractivity contribution in [1.82, 2.24) is 0 Å². The van der Waals surface area contributed by atoms with Gasteiger partial charge in [-0.15, -0.1) is 0 Å². The third-order valence-electron chi connectivity index (χ3n) is 3.21. The summed E-state index contributed by atoms with van der Waals surface area (Å²) < 4.78 is 4.96. The maximum Gasteiger partial charge on any atom is 0.338 e. The van der Waals surface area contributed by atoms with Crippen LogP contribution in [-0.2, 0) is 4.74 Å². The van der Waals surface area contributed by atoms with Crippen LogP contribution in [0, 0.1) is 22.7 Å². The Morgan fingerprint density at radius 3 is 2.35 bits per heavy atom. The summed E-state index contributed by atoms with van der Waals surface area (Å²) in [6.45, 7) is 2.09. The Balaban J connectivity index is 2.41. The summed E-state index contributed by atoms with van der Waals surface area (Å²) in [7, 11) is 0. The lowest BCUT2D eigenvalue weighted by Crippen LogP contribution is -2.04. The fraction of sp³-hybridized carbons (Fsp3) is 0.105. The first kappa shape index (κ1) is 16.0. The molecule has 2 aromatic carbocycles. The molecule has 0 saturated carbocycles. The number of hydrogen-bond donors (Lipinski definition) is 0. The fourth-order valence-electron chi connectivity index (χ4n) is 2.13. The number of carbonyl (C=O) groups is 1. The molecule has 0 aliphatic carbocycles. The molecule has 0 N–H and O–H groups in total. The third kappa shape index (κ3) is 3.84. The Labute approximate surface area is 134 Å². The normalized spacial score (nSPS) is 9.35. The first-order valence-electron chi connectivity index (χ1n) is 7.08. The molecule has 2 rings (SSSR count). The number of carbonyl (C=O) groups excluding carboxylic acids is 1. The molecule has 0 aliphatic heterocycles. The predicted octanol–water partition coefficient (Wildman–Crippen LogP) is 3.96. The van der Waals surface area contributed by atoms with Crippen LogP contribution in [0.25, 0.3) is 17.2 Å². The molecule has 2 aromatic rings. The fourth-order valence-corrected chi connectivity index (χ4v) is 2.13. The number of rotatable bonds is 4. The number of hydrogen-bond acceptors (Lipinski definition) is 4. The molecule has 4 nitrogen and oxygen atoms in total. The molecule has 0 atom stereocenters. The highest BCUT2D eigenvalue weighted by Gasteiger charge is 2.08. The maximum absolute atomic E-state index is 11.7. The van der Waals surface area contributed by atoms with Crippen molar-refractivity contribution < 1.29 is 9.53 Å². The molecule has 0 bridgehead atoms. The average molecular weight is 302 g/mol. The van der Waals surface area contributed by atoms with Gasteiger partial charge in [0.05, 0.1) is 12.2 Å². The van der Waals surface area contributed by atoms with Gasteiger partial charge in [0.15, 0.2) is 0 Å². The van der Waals surface area contributed by atoms with Crippen LogP contribution < -0.4 is 0 Å². The smallest absolute Gasteiger partial charge is 0.338 e. The molecule has 0 heterocycles. The SMILES string of the molecule is CCOC(=O)c1ccc(-c2ccccc2C=C(C#N)C#N)cc1. The number of nitrogens with zero attached hydrogens (tertiary/aromatic N) is 2. The lowest BCUT2D eigenvalue weighted by Gasteiger charge is -2.07. The summed E-state index contributed by atoms with van der Waals surface area (Å²) in [6.07, 6.45) is 1.55. The molecule has 0 unspecified atom stereocenters. The van der Waals surface area contributed by atoms with Crippen LogP contribution in [0.3, 0.4) is 0 Å². The molecule has 0 aliphatic rings. The summed E-state index contributed by atoms with van der Waals surface area (Å²) in [4.78, 5) is 11.7. The van der Waals surface area contributed by atoms with Crippen LogP contribution in [0.15, 0.2) is 54.1 Å². The highest BCUT2D eigenvalue weighted by molar-refractivity contribution is 5.90. The predicted molar refractivity (Wildman–Crippen MR) is 87.0 cm³/mol. The van der Waals surface area contributed by atoms with E-state index in [9.17, 15) is 4.79 Å². The van der Waals surface area contributed by atoms with Crippen molar-refractivity contribution in [3.8, 4) is 23.3 Å². The number of benzene rings is 2. The molecule has 112 valence electrons. The van der Waals surface area contributed by atoms with Crippen LogP contribution in [-0.4, -0.2) is 12.6 Å². The molecule has 0 fully saturated rings. The van der Waals surface area contributed by atoms with Crippen molar-refractivity contribution in [2.75, 3.05) is 6.61 Å². The third-order valence-corrected chi connectivity index (χ3v) is 3.21. The number of esters is 1. The van der Waals surface area contributed by atoms with E-state index in [4.69, 9.17) is 15.3 Å². The van der Waals surface area contributed by atoms with Gasteiger partial charge in [-0.05, 0) is 41.8 Å². The van der Waals surface area contributed by atoms with Gasteiger partial charge in [0.2, 0.25) is 0 Å². The van der Waals surface area contributed by atoms with E-state index in [1.165, 1.54) is 0 Å². The van der Waals surface area contributed by atoms with Gasteiger partial charge in [-0.2, -0.15) is 10.5 Å². The lowest BCUT2D eigenvalue weighted by molar-refractivity contribution is 0.0526. The molecular weight excluding hydrogens is 288 g/mol. The van der Waals surface area contributed by atoms with E-state index in [2.05, 4.69) is 0 Å². The van der Waals surface area contributed by atoms with Gasteiger partial charge in [-0.25, -0.2) is 4.79 Å². The molecule has 23 heavy (non-hydrogen) atoms. The second-order valence-electron chi connectivity index (χ2n) is 4.67. The van der Waals surface area contributed by atoms with Crippen LogP contribution in [0.2, 0.25) is 0 Å². The Hall–Kier alpha value is -3.37. The van der Waals surface area contributed by atoms with Gasteiger partial charge < -0.3 is 4.74 Å². The topological polar surface area (TPSA) is 73.9 Å². The van der Waals surface area contributed by atoms with Gasteiger partial charge in [-0.1, -0.05) is 36.4 Å². The molecule has 0 amide bonds. The van der Waals surface area contributed by atoms with Crippen LogP contribution >= 0.6 is 0 Å². The lowest BCUT2D eigenvalue weighted by atomic mass is 9.97. The van der Waals surface area contributed by atoms with Gasteiger partial charge >= 0.3 is 5.97 Å². The highest BCUT2D eigenvalue weighted by atomic mass is 16.5. The summed E-state index contributed by atoms with van der Waals surface area (Å²) in [5.74, 6) is -0.358. The largest absolute Gasteiger partial charge is 0.462 e. The van der Waals surface area contributed by atoms with E-state index in [0.717, 1.165) is 16.7 Å². The van der Waals surface area contributed by atoms with Crippen LogP contribution in [0.4, 0.5) is 0 Å². The monoisotopic (exact) mass is 302 g/mol. The molecule has 0 saturated heterocycles. The van der Waals surface area contributed by atoms with E-state index in [-0.39, 0.29) is 11.5 Å². The highest BCUT2D eigenvalue weighted by Crippen LogP contribution is 2.26. The van der Waals surface area contributed by atoms with Gasteiger partial charge in [-0.3, -0.25) is 0 Å². The number of allylic oxidation sites excluding steroid dienone is 1. The quantitative estimate of drug-likeness (QED) is 0.633. The van der Waals surface area contributed by atoms with Crippen molar-refractivity contribution in [3.63, 3.8) is 0 Å². The van der Waals surface area contributed by atoms with E-state index >= 15 is 0 Å². The summed E-state index contributed by atoms with van der Waals surface area (Å²) in [5, 5.41) is 17.8. The number of ether oxygens (including phenoxy) is 1. The van der Waals surface area contributed by atoms with E-state index in [1.54, 1.807) is 25.1 Å². The second kappa shape index (κ2) is 7.59. The molecular formula is C19H14N2O2. The Bertz CT molecular complexity index is 806. The Kier molecular flexibility index (Phi) is 5.28. The van der Waals surface area contributed by atoms with Gasteiger partial charge in [0.1, 0.15) is 17.7 Å². The van der Waals surface area contributed by atoms with Crippen molar-refractivity contribution in [2.24, 2.45) is 0 Å². The van der Waals surface area contributed by atoms with Gasteiger partial charge in [0.25, 0.3) is 0 Å². The standard InChI is InChI=1S/C19H14N2O2/c1-2-23-19(22)16-9-7-15(8-10-16)18-6-4-3-5-17(18)11-14(12-20)13-21/h3-11H,2H2,1H3. The Morgan fingerprint density at radius 2 is 1.74 bits per heavy atom. The molecule has 4 heteroatoms. The van der Waals surface area contributed by atoms with E-state index < -0.39 is 0 Å². The summed E-state index contributed by atoms with van der Waals surface area (Å²) in [6, 6.07) is 18.2. The number of nitriles is 2. The van der Waals surface area contributed by atoms with Crippen LogP contribution in [0.1, 0.15) is 22.8 Å². The van der Waals surface area contributed by atoms with Crippen molar-refractivity contribution in [3.05, 3.63) is 65.2 Å². The second-order valence-corrected chi connectivity index (χ2v) is 4.67. The summed E-state index contributed by atoms with van der Waals surface area (Å²) >= 11 is 0. The van der Waals surface area contributed by atoms with Crippen LogP contribution in [0.5, 0.6) is 0 Å². The van der Waals surface area contributed by atoms with Crippen molar-refractivity contribution >= 4 is 12.0 Å². The van der Waals surface area contributed by atoms with Gasteiger partial charge in [0, 0.05) is 0 Å². The minimum absolute atomic E-state index is 0.0422. The molecule has 0 aromatic heterocycles. The minimum atomic E-state index is -0.358. The average Bonchev–Trinajstić information content (AvgIpc) is 2.60. The first-order valence-corrected chi connectivity index (χ1v) is 7.08.